The molecule has 1 rings (SSSR count). The summed E-state index contributed by atoms with van der Waals surface area (Å²) in [6.45, 7) is 10.2. The van der Waals surface area contributed by atoms with E-state index in [2.05, 4.69) is 33.0 Å². The molecule has 102 valence electrons. The molecule has 1 fully saturated rings. The van der Waals surface area contributed by atoms with Gasteiger partial charge >= 0.3 is 0 Å². The summed E-state index contributed by atoms with van der Waals surface area (Å²) in [4.78, 5) is 0. The topological polar surface area (TPSA) is 21.3 Å². The van der Waals surface area contributed by atoms with Crippen LogP contribution in [0.2, 0.25) is 0 Å². The lowest BCUT2D eigenvalue weighted by Gasteiger charge is -2.30. The van der Waals surface area contributed by atoms with Crippen molar-refractivity contribution in [1.29, 1.82) is 0 Å². The number of hydrogen-bond donors (Lipinski definition) is 1. The Morgan fingerprint density at radius 3 is 2.47 bits per heavy atom. The monoisotopic (exact) mass is 241 g/mol. The molecule has 2 atom stereocenters. The fourth-order valence-corrected chi connectivity index (χ4v) is 2.44. The molecule has 0 heterocycles. The van der Waals surface area contributed by atoms with E-state index in [0.717, 1.165) is 24.8 Å². The Bertz CT molecular complexity index is 211. The van der Waals surface area contributed by atoms with Crippen LogP contribution in [0.5, 0.6) is 0 Å². The van der Waals surface area contributed by atoms with E-state index in [9.17, 15) is 0 Å². The zero-order valence-electron chi connectivity index (χ0n) is 12.4. The highest BCUT2D eigenvalue weighted by Gasteiger charge is 2.33. The van der Waals surface area contributed by atoms with E-state index < -0.39 is 0 Å². The minimum Gasteiger partial charge on any atom is -0.379 e. The number of methoxy groups -OCH3 is 1. The molecule has 2 nitrogen and oxygen atoms in total. The largest absolute Gasteiger partial charge is 0.379 e. The Hall–Kier alpha value is -0.0800. The Kier molecular flexibility index (Phi) is 5.94. The van der Waals surface area contributed by atoms with Crippen molar-refractivity contribution in [1.82, 2.24) is 5.32 Å². The van der Waals surface area contributed by atoms with Gasteiger partial charge in [0.15, 0.2) is 0 Å². The quantitative estimate of drug-likeness (QED) is 0.666. The molecule has 0 aromatic carbocycles. The summed E-state index contributed by atoms with van der Waals surface area (Å²) in [5.41, 5.74) is 0.0232. The van der Waals surface area contributed by atoms with Crippen LogP contribution in [-0.4, -0.2) is 25.3 Å². The van der Waals surface area contributed by atoms with Gasteiger partial charge in [0, 0.05) is 13.2 Å². The van der Waals surface area contributed by atoms with Crippen molar-refractivity contribution in [3.05, 3.63) is 0 Å². The third-order valence-corrected chi connectivity index (χ3v) is 4.27. The normalized spacial score (nSPS) is 20.3. The maximum atomic E-state index is 5.52. The van der Waals surface area contributed by atoms with Gasteiger partial charge in [-0.3, -0.25) is 0 Å². The minimum atomic E-state index is 0.0232. The molecule has 17 heavy (non-hydrogen) atoms. The third-order valence-electron chi connectivity index (χ3n) is 4.27. The van der Waals surface area contributed by atoms with E-state index in [1.165, 1.54) is 25.7 Å². The lowest BCUT2D eigenvalue weighted by Crippen LogP contribution is -2.38. The average Bonchev–Trinajstić information content (AvgIpc) is 3.12. The van der Waals surface area contributed by atoms with Crippen molar-refractivity contribution in [2.45, 2.75) is 71.4 Å². The van der Waals surface area contributed by atoms with Gasteiger partial charge in [-0.2, -0.15) is 0 Å². The fourth-order valence-electron chi connectivity index (χ4n) is 2.44. The van der Waals surface area contributed by atoms with Crippen LogP contribution in [0.4, 0.5) is 0 Å². The first-order valence-corrected chi connectivity index (χ1v) is 7.28. The predicted octanol–water partition coefficient (Wildman–Crippen LogP) is 3.61. The summed E-state index contributed by atoms with van der Waals surface area (Å²) in [5, 5.41) is 3.73. The van der Waals surface area contributed by atoms with Crippen LogP contribution < -0.4 is 5.32 Å². The van der Waals surface area contributed by atoms with Crippen LogP contribution in [0, 0.1) is 11.8 Å². The summed E-state index contributed by atoms with van der Waals surface area (Å²) in [7, 11) is 1.82. The van der Waals surface area contributed by atoms with Gasteiger partial charge in [0.25, 0.3) is 0 Å². The van der Waals surface area contributed by atoms with Crippen LogP contribution in [0.25, 0.3) is 0 Å². The summed E-state index contributed by atoms with van der Waals surface area (Å²) in [6.07, 6.45) is 6.49. The van der Waals surface area contributed by atoms with E-state index in [0.29, 0.717) is 6.04 Å². The highest BCUT2D eigenvalue weighted by atomic mass is 16.5. The maximum Gasteiger partial charge on any atom is 0.0623 e. The molecular weight excluding hydrogens is 210 g/mol. The number of hydrogen-bond acceptors (Lipinski definition) is 2. The van der Waals surface area contributed by atoms with Gasteiger partial charge < -0.3 is 10.1 Å². The average molecular weight is 241 g/mol. The summed E-state index contributed by atoms with van der Waals surface area (Å²) in [5.74, 6) is 1.81. The van der Waals surface area contributed by atoms with E-state index in [1.54, 1.807) is 0 Å². The van der Waals surface area contributed by atoms with Crippen LogP contribution in [0.3, 0.4) is 0 Å². The Balaban J connectivity index is 2.39. The van der Waals surface area contributed by atoms with Crippen LogP contribution in [-0.2, 0) is 4.74 Å². The standard InChI is InChI=1S/C15H31NO/c1-6-11-16-14(12(2)13-7-8-13)9-10-15(3,4)17-5/h12-14,16H,6-11H2,1-5H3. The smallest absolute Gasteiger partial charge is 0.0623 e. The van der Waals surface area contributed by atoms with Gasteiger partial charge in [0.05, 0.1) is 5.60 Å². The lowest BCUT2D eigenvalue weighted by atomic mass is 9.89. The molecule has 1 aliphatic carbocycles. The van der Waals surface area contributed by atoms with Crippen LogP contribution in [0.15, 0.2) is 0 Å². The molecule has 1 saturated carbocycles. The first-order valence-electron chi connectivity index (χ1n) is 7.28. The number of ether oxygens (including phenoxy) is 1. The molecule has 0 bridgehead atoms. The molecule has 2 heteroatoms. The molecule has 1 aliphatic rings. The molecule has 0 aromatic heterocycles. The van der Waals surface area contributed by atoms with Gasteiger partial charge in [-0.05, 0) is 64.3 Å². The predicted molar refractivity (Wildman–Crippen MR) is 74.3 cm³/mol. The molecule has 0 saturated heterocycles. The fraction of sp³-hybridized carbons (Fsp3) is 1.00. The molecule has 1 N–H and O–H groups in total. The first kappa shape index (κ1) is 15.0. The number of nitrogens with one attached hydrogen (secondary N) is 1. The Labute approximate surface area is 108 Å². The zero-order chi connectivity index (χ0) is 12.9. The molecule has 0 radical (unpaired) electrons. The first-order chi connectivity index (χ1) is 8.00. The van der Waals surface area contributed by atoms with E-state index in [-0.39, 0.29) is 5.60 Å². The van der Waals surface area contributed by atoms with Gasteiger partial charge in [0.2, 0.25) is 0 Å². The second-order valence-electron chi connectivity index (χ2n) is 6.26. The Morgan fingerprint density at radius 2 is 2.00 bits per heavy atom. The van der Waals surface area contributed by atoms with Crippen molar-refractivity contribution in [3.8, 4) is 0 Å². The van der Waals surface area contributed by atoms with Crippen molar-refractivity contribution in [3.63, 3.8) is 0 Å². The minimum absolute atomic E-state index is 0.0232. The molecular formula is C15H31NO. The summed E-state index contributed by atoms with van der Waals surface area (Å²) < 4.78 is 5.52. The van der Waals surface area contributed by atoms with Gasteiger partial charge in [-0.15, -0.1) is 0 Å². The molecule has 0 spiro atoms. The van der Waals surface area contributed by atoms with Gasteiger partial charge in [-0.25, -0.2) is 0 Å². The maximum absolute atomic E-state index is 5.52. The highest BCUT2D eigenvalue weighted by molar-refractivity contribution is 4.87. The highest BCUT2D eigenvalue weighted by Crippen LogP contribution is 2.39. The van der Waals surface area contributed by atoms with Crippen LogP contribution >= 0.6 is 0 Å². The third kappa shape index (κ3) is 5.39. The molecule has 0 amide bonds. The second-order valence-corrected chi connectivity index (χ2v) is 6.26. The van der Waals surface area contributed by atoms with E-state index >= 15 is 0 Å². The van der Waals surface area contributed by atoms with Gasteiger partial charge in [-0.1, -0.05) is 13.8 Å². The Morgan fingerprint density at radius 1 is 1.35 bits per heavy atom. The summed E-state index contributed by atoms with van der Waals surface area (Å²) in [6, 6.07) is 0.678. The van der Waals surface area contributed by atoms with E-state index in [4.69, 9.17) is 4.74 Å². The number of rotatable bonds is 9. The van der Waals surface area contributed by atoms with Gasteiger partial charge in [0.1, 0.15) is 0 Å². The lowest BCUT2D eigenvalue weighted by molar-refractivity contribution is 0.0101. The van der Waals surface area contributed by atoms with Crippen molar-refractivity contribution in [2.24, 2.45) is 11.8 Å². The van der Waals surface area contributed by atoms with Crippen molar-refractivity contribution < 1.29 is 4.74 Å². The van der Waals surface area contributed by atoms with Crippen LogP contribution in [0.1, 0.15) is 59.8 Å². The SMILES string of the molecule is CCCNC(CCC(C)(C)OC)C(C)C1CC1. The molecule has 0 aliphatic heterocycles. The summed E-state index contributed by atoms with van der Waals surface area (Å²) >= 11 is 0. The second kappa shape index (κ2) is 6.75. The zero-order valence-corrected chi connectivity index (χ0v) is 12.4. The van der Waals surface area contributed by atoms with Crippen molar-refractivity contribution in [2.75, 3.05) is 13.7 Å². The van der Waals surface area contributed by atoms with E-state index in [1.807, 2.05) is 7.11 Å². The molecule has 0 aromatic rings. The van der Waals surface area contributed by atoms with Crippen molar-refractivity contribution >= 4 is 0 Å². The molecule has 2 unspecified atom stereocenters.